The van der Waals surface area contributed by atoms with Gasteiger partial charge in [-0.2, -0.15) is 0 Å². The average molecular weight is 288 g/mol. The lowest BCUT2D eigenvalue weighted by atomic mass is 9.92. The number of rotatable bonds is 4. The minimum absolute atomic E-state index is 0.157. The summed E-state index contributed by atoms with van der Waals surface area (Å²) in [6.07, 6.45) is 1.09. The number of imide groups is 1. The number of benzene rings is 1. The second-order valence-corrected chi connectivity index (χ2v) is 5.94. The number of likely N-dealkylation sites (tertiary alicyclic amines) is 1. The summed E-state index contributed by atoms with van der Waals surface area (Å²) >= 11 is 0. The van der Waals surface area contributed by atoms with Crippen LogP contribution >= 0.6 is 0 Å². The maximum atomic E-state index is 12.0. The summed E-state index contributed by atoms with van der Waals surface area (Å²) < 4.78 is 0. The molecule has 21 heavy (non-hydrogen) atoms. The zero-order valence-corrected chi connectivity index (χ0v) is 12.6. The van der Waals surface area contributed by atoms with E-state index in [1.54, 1.807) is 13.8 Å². The SMILES string of the molecule is CCc1ccc(NC(=O)CN2C(=O)CC(C)(C)C2=O)cc1. The van der Waals surface area contributed by atoms with E-state index in [1.165, 1.54) is 5.56 Å². The molecule has 5 nitrogen and oxygen atoms in total. The quantitative estimate of drug-likeness (QED) is 0.861. The fourth-order valence-corrected chi connectivity index (χ4v) is 2.36. The van der Waals surface area contributed by atoms with Crippen molar-refractivity contribution in [2.24, 2.45) is 5.41 Å². The van der Waals surface area contributed by atoms with Crippen LogP contribution in [0.1, 0.15) is 32.8 Å². The molecule has 0 saturated carbocycles. The van der Waals surface area contributed by atoms with Crippen LogP contribution < -0.4 is 5.32 Å². The molecule has 3 amide bonds. The molecular formula is C16H20N2O3. The number of aryl methyl sites for hydroxylation is 1. The molecule has 0 aromatic heterocycles. The van der Waals surface area contributed by atoms with Crippen LogP contribution in [0.4, 0.5) is 5.69 Å². The number of amides is 3. The summed E-state index contributed by atoms with van der Waals surface area (Å²) in [4.78, 5) is 36.8. The molecular weight excluding hydrogens is 268 g/mol. The number of nitrogens with one attached hydrogen (secondary N) is 1. The van der Waals surface area contributed by atoms with E-state index >= 15 is 0 Å². The molecule has 1 aliphatic heterocycles. The standard InChI is InChI=1S/C16H20N2O3/c1-4-11-5-7-12(8-6-11)17-13(19)10-18-14(20)9-16(2,3)15(18)21/h5-8H,4,9-10H2,1-3H3,(H,17,19). The molecule has 1 fully saturated rings. The van der Waals surface area contributed by atoms with E-state index in [0.29, 0.717) is 5.69 Å². The molecule has 112 valence electrons. The average Bonchev–Trinajstić information content (AvgIpc) is 2.62. The van der Waals surface area contributed by atoms with Crippen LogP contribution in [0.15, 0.2) is 24.3 Å². The van der Waals surface area contributed by atoms with Gasteiger partial charge in [0.1, 0.15) is 6.54 Å². The van der Waals surface area contributed by atoms with Crippen molar-refractivity contribution in [3.63, 3.8) is 0 Å². The van der Waals surface area contributed by atoms with Crippen LogP contribution in [0.5, 0.6) is 0 Å². The first-order chi connectivity index (χ1) is 9.83. The number of anilines is 1. The molecule has 2 rings (SSSR count). The van der Waals surface area contributed by atoms with Crippen LogP contribution in [0.25, 0.3) is 0 Å². The predicted octanol–water partition coefficient (Wildman–Crippen LogP) is 1.97. The smallest absolute Gasteiger partial charge is 0.244 e. The molecule has 5 heteroatoms. The van der Waals surface area contributed by atoms with Gasteiger partial charge in [-0.15, -0.1) is 0 Å². The van der Waals surface area contributed by atoms with E-state index in [4.69, 9.17) is 0 Å². The van der Waals surface area contributed by atoms with Crippen molar-refractivity contribution in [2.75, 3.05) is 11.9 Å². The molecule has 1 saturated heterocycles. The van der Waals surface area contributed by atoms with Gasteiger partial charge in [0.25, 0.3) is 0 Å². The fourth-order valence-electron chi connectivity index (χ4n) is 2.36. The van der Waals surface area contributed by atoms with Gasteiger partial charge in [-0.25, -0.2) is 0 Å². The molecule has 1 aromatic carbocycles. The lowest BCUT2D eigenvalue weighted by Gasteiger charge is -2.17. The lowest BCUT2D eigenvalue weighted by molar-refractivity contribution is -0.143. The van der Waals surface area contributed by atoms with Crippen LogP contribution in [-0.2, 0) is 20.8 Å². The monoisotopic (exact) mass is 288 g/mol. The van der Waals surface area contributed by atoms with Crippen molar-refractivity contribution in [3.8, 4) is 0 Å². The second kappa shape index (κ2) is 5.68. The van der Waals surface area contributed by atoms with Crippen molar-refractivity contribution >= 4 is 23.4 Å². The summed E-state index contributed by atoms with van der Waals surface area (Å²) in [5.41, 5.74) is 1.13. The van der Waals surface area contributed by atoms with Crippen molar-refractivity contribution in [2.45, 2.75) is 33.6 Å². The fraction of sp³-hybridized carbons (Fsp3) is 0.438. The largest absolute Gasteiger partial charge is 0.325 e. The Morgan fingerprint density at radius 2 is 1.86 bits per heavy atom. The minimum atomic E-state index is -0.708. The first-order valence-electron chi connectivity index (χ1n) is 7.07. The second-order valence-electron chi connectivity index (χ2n) is 5.94. The van der Waals surface area contributed by atoms with E-state index in [-0.39, 0.29) is 30.7 Å². The highest BCUT2D eigenvalue weighted by Gasteiger charge is 2.45. The topological polar surface area (TPSA) is 66.5 Å². The first-order valence-corrected chi connectivity index (χ1v) is 7.07. The molecule has 0 bridgehead atoms. The third-order valence-corrected chi connectivity index (χ3v) is 3.67. The van der Waals surface area contributed by atoms with Gasteiger partial charge in [0.05, 0.1) is 5.41 Å². The molecule has 1 N–H and O–H groups in total. The summed E-state index contributed by atoms with van der Waals surface area (Å²) in [5.74, 6) is -0.941. The van der Waals surface area contributed by atoms with Gasteiger partial charge in [0.2, 0.25) is 17.7 Å². The van der Waals surface area contributed by atoms with Gasteiger partial charge in [-0.05, 0) is 24.1 Å². The normalized spacial score (nSPS) is 17.2. The Bertz CT molecular complexity index is 576. The third-order valence-electron chi connectivity index (χ3n) is 3.67. The summed E-state index contributed by atoms with van der Waals surface area (Å²) in [6.45, 7) is 5.26. The van der Waals surface area contributed by atoms with E-state index < -0.39 is 5.41 Å². The van der Waals surface area contributed by atoms with Gasteiger partial charge in [0.15, 0.2) is 0 Å². The lowest BCUT2D eigenvalue weighted by Crippen LogP contribution is -2.39. The number of carbonyl (C=O) groups is 3. The van der Waals surface area contributed by atoms with Gasteiger partial charge in [0, 0.05) is 12.1 Å². The molecule has 0 aliphatic carbocycles. The number of carbonyl (C=O) groups excluding carboxylic acids is 3. The summed E-state index contributed by atoms with van der Waals surface area (Å²) in [5, 5.41) is 2.70. The van der Waals surface area contributed by atoms with E-state index in [2.05, 4.69) is 12.2 Å². The van der Waals surface area contributed by atoms with E-state index in [1.807, 2.05) is 24.3 Å². The maximum Gasteiger partial charge on any atom is 0.244 e. The van der Waals surface area contributed by atoms with Crippen molar-refractivity contribution in [1.29, 1.82) is 0 Å². The van der Waals surface area contributed by atoms with Crippen molar-refractivity contribution < 1.29 is 14.4 Å². The number of hydrogen-bond donors (Lipinski definition) is 1. The minimum Gasteiger partial charge on any atom is -0.325 e. The molecule has 0 unspecified atom stereocenters. The highest BCUT2D eigenvalue weighted by Crippen LogP contribution is 2.31. The van der Waals surface area contributed by atoms with Gasteiger partial charge in [-0.1, -0.05) is 32.9 Å². The Hall–Kier alpha value is -2.17. The molecule has 1 heterocycles. The number of nitrogens with zero attached hydrogens (tertiary/aromatic N) is 1. The van der Waals surface area contributed by atoms with Crippen LogP contribution in [0.3, 0.4) is 0 Å². The maximum absolute atomic E-state index is 12.0. The van der Waals surface area contributed by atoms with Crippen LogP contribution in [0, 0.1) is 5.41 Å². The Labute approximate surface area is 124 Å². The Balaban J connectivity index is 1.98. The number of hydrogen-bond acceptors (Lipinski definition) is 3. The third kappa shape index (κ3) is 3.29. The van der Waals surface area contributed by atoms with Gasteiger partial charge < -0.3 is 5.32 Å². The zero-order valence-electron chi connectivity index (χ0n) is 12.6. The summed E-state index contributed by atoms with van der Waals surface area (Å²) in [6, 6.07) is 7.50. The molecule has 0 spiro atoms. The van der Waals surface area contributed by atoms with Crippen molar-refractivity contribution in [3.05, 3.63) is 29.8 Å². The highest BCUT2D eigenvalue weighted by atomic mass is 16.2. The van der Waals surface area contributed by atoms with Gasteiger partial charge >= 0.3 is 0 Å². The van der Waals surface area contributed by atoms with Crippen molar-refractivity contribution in [1.82, 2.24) is 4.90 Å². The summed E-state index contributed by atoms with van der Waals surface area (Å²) in [7, 11) is 0. The van der Waals surface area contributed by atoms with E-state index in [9.17, 15) is 14.4 Å². The zero-order chi connectivity index (χ0) is 15.6. The predicted molar refractivity (Wildman–Crippen MR) is 79.6 cm³/mol. The Morgan fingerprint density at radius 1 is 1.24 bits per heavy atom. The Morgan fingerprint density at radius 3 is 2.33 bits per heavy atom. The molecule has 1 aliphatic rings. The molecule has 0 atom stereocenters. The van der Waals surface area contributed by atoms with Crippen LogP contribution in [-0.4, -0.2) is 29.2 Å². The molecule has 1 aromatic rings. The van der Waals surface area contributed by atoms with E-state index in [0.717, 1.165) is 11.3 Å². The Kier molecular flexibility index (Phi) is 4.11. The van der Waals surface area contributed by atoms with Gasteiger partial charge in [-0.3, -0.25) is 19.3 Å². The highest BCUT2D eigenvalue weighted by molar-refractivity contribution is 6.08. The molecule has 0 radical (unpaired) electrons. The van der Waals surface area contributed by atoms with Crippen LogP contribution in [0.2, 0.25) is 0 Å². The first kappa shape index (κ1) is 15.2.